The molecule has 2 nitrogen and oxygen atoms in total. The van der Waals surface area contributed by atoms with Crippen molar-refractivity contribution < 1.29 is 10.2 Å². The third kappa shape index (κ3) is 0.583. The van der Waals surface area contributed by atoms with Crippen molar-refractivity contribution >= 4 is 0 Å². The molecule has 0 heterocycles. The summed E-state index contributed by atoms with van der Waals surface area (Å²) < 4.78 is 0. The minimum atomic E-state index is -0.360. The van der Waals surface area contributed by atoms with Crippen LogP contribution in [0, 0.1) is 16.2 Å². The van der Waals surface area contributed by atoms with E-state index >= 15 is 0 Å². The molecule has 1 spiro atoms. The Bertz CT molecular complexity index is 324. The maximum atomic E-state index is 10.2. The summed E-state index contributed by atoms with van der Waals surface area (Å²) in [6.45, 7) is 6.42. The first kappa shape index (κ1) is 8.93. The van der Waals surface area contributed by atoms with Gasteiger partial charge in [-0.1, -0.05) is 19.1 Å². The number of hydrogen-bond acceptors (Lipinski definition) is 2. The molecule has 0 radical (unpaired) electrons. The van der Waals surface area contributed by atoms with Crippen molar-refractivity contribution in [2.75, 3.05) is 6.61 Å². The normalized spacial score (nSPS) is 59.9. The maximum Gasteiger partial charge on any atom is 0.0666 e. The van der Waals surface area contributed by atoms with Gasteiger partial charge in [0.15, 0.2) is 0 Å². The van der Waals surface area contributed by atoms with E-state index in [2.05, 4.69) is 13.5 Å². The molecule has 2 heteroatoms. The molecule has 3 fully saturated rings. The predicted molar refractivity (Wildman–Crippen MR) is 53.7 cm³/mol. The largest absolute Gasteiger partial charge is 0.395 e. The third-order valence-electron chi connectivity index (χ3n) is 5.52. The standard InChI is InChI=1S/C12H18O2/c1-8-3-4-11-6-10(11,2)5-9(14)12(8,11)7-13/h9,13-14H,1,3-7H2,2H3. The average molecular weight is 194 g/mol. The first-order valence-electron chi connectivity index (χ1n) is 5.50. The fraction of sp³-hybridized carbons (Fsp3) is 0.833. The van der Waals surface area contributed by atoms with Crippen LogP contribution >= 0.6 is 0 Å². The van der Waals surface area contributed by atoms with Crippen LogP contribution in [0.1, 0.15) is 32.6 Å². The highest BCUT2D eigenvalue weighted by molar-refractivity contribution is 5.40. The number of hydrogen-bond donors (Lipinski definition) is 2. The monoisotopic (exact) mass is 194 g/mol. The summed E-state index contributed by atoms with van der Waals surface area (Å²) in [5.74, 6) is 0. The van der Waals surface area contributed by atoms with Crippen LogP contribution in [0.3, 0.4) is 0 Å². The lowest BCUT2D eigenvalue weighted by Gasteiger charge is -2.35. The molecule has 0 aromatic rings. The Labute approximate surface area is 84.6 Å². The van der Waals surface area contributed by atoms with E-state index in [1.165, 1.54) is 6.42 Å². The lowest BCUT2D eigenvalue weighted by atomic mass is 9.72. The van der Waals surface area contributed by atoms with Gasteiger partial charge in [0.2, 0.25) is 0 Å². The van der Waals surface area contributed by atoms with Gasteiger partial charge >= 0.3 is 0 Å². The fourth-order valence-electron chi connectivity index (χ4n) is 4.65. The first-order chi connectivity index (χ1) is 6.52. The molecule has 4 atom stereocenters. The summed E-state index contributed by atoms with van der Waals surface area (Å²) in [7, 11) is 0. The molecule has 78 valence electrons. The molecule has 4 unspecified atom stereocenters. The molecule has 0 bridgehead atoms. The molecule has 0 saturated heterocycles. The van der Waals surface area contributed by atoms with Crippen LogP contribution in [-0.4, -0.2) is 22.9 Å². The molecule has 3 saturated carbocycles. The molecular weight excluding hydrogens is 176 g/mol. The van der Waals surface area contributed by atoms with Crippen LogP contribution in [0.4, 0.5) is 0 Å². The third-order valence-corrected chi connectivity index (χ3v) is 5.52. The van der Waals surface area contributed by atoms with Crippen molar-refractivity contribution in [3.63, 3.8) is 0 Å². The van der Waals surface area contributed by atoms with E-state index in [1.807, 2.05) is 0 Å². The lowest BCUT2D eigenvalue weighted by Crippen LogP contribution is -2.40. The van der Waals surface area contributed by atoms with E-state index < -0.39 is 0 Å². The second kappa shape index (κ2) is 2.10. The van der Waals surface area contributed by atoms with Crippen LogP contribution in [0.2, 0.25) is 0 Å². The number of rotatable bonds is 1. The Morgan fingerprint density at radius 3 is 2.86 bits per heavy atom. The Morgan fingerprint density at radius 2 is 2.29 bits per heavy atom. The average Bonchev–Trinajstić information content (AvgIpc) is 2.48. The van der Waals surface area contributed by atoms with E-state index in [0.717, 1.165) is 24.8 Å². The SMILES string of the molecule is C=C1CCC23CC2(C)CC(O)C13CO. The second-order valence-corrected chi connectivity index (χ2v) is 5.77. The Kier molecular flexibility index (Phi) is 1.34. The maximum absolute atomic E-state index is 10.2. The highest BCUT2D eigenvalue weighted by Gasteiger charge is 2.82. The number of aliphatic hydroxyl groups is 2. The molecule has 3 rings (SSSR count). The smallest absolute Gasteiger partial charge is 0.0666 e. The Morgan fingerprint density at radius 1 is 1.57 bits per heavy atom. The van der Waals surface area contributed by atoms with Gasteiger partial charge in [0.1, 0.15) is 0 Å². The summed E-state index contributed by atoms with van der Waals surface area (Å²) in [4.78, 5) is 0. The lowest BCUT2D eigenvalue weighted by molar-refractivity contribution is -0.00336. The van der Waals surface area contributed by atoms with E-state index in [4.69, 9.17) is 0 Å². The van der Waals surface area contributed by atoms with Crippen molar-refractivity contribution in [1.82, 2.24) is 0 Å². The van der Waals surface area contributed by atoms with Gasteiger partial charge in [0.05, 0.1) is 12.7 Å². The van der Waals surface area contributed by atoms with Gasteiger partial charge in [0.25, 0.3) is 0 Å². The quantitative estimate of drug-likeness (QED) is 0.621. The molecule has 0 amide bonds. The zero-order chi connectivity index (χ0) is 10.2. The molecule has 14 heavy (non-hydrogen) atoms. The van der Waals surface area contributed by atoms with Crippen molar-refractivity contribution in [2.24, 2.45) is 16.2 Å². The van der Waals surface area contributed by atoms with Gasteiger partial charge in [-0.3, -0.25) is 0 Å². The minimum Gasteiger partial charge on any atom is -0.395 e. The van der Waals surface area contributed by atoms with Gasteiger partial charge in [-0.2, -0.15) is 0 Å². The second-order valence-electron chi connectivity index (χ2n) is 5.77. The van der Waals surface area contributed by atoms with Crippen LogP contribution in [-0.2, 0) is 0 Å². The van der Waals surface area contributed by atoms with Crippen LogP contribution in [0.15, 0.2) is 12.2 Å². The van der Waals surface area contributed by atoms with Gasteiger partial charge in [-0.25, -0.2) is 0 Å². The fourth-order valence-corrected chi connectivity index (χ4v) is 4.65. The zero-order valence-electron chi connectivity index (χ0n) is 8.71. The van der Waals surface area contributed by atoms with Crippen molar-refractivity contribution in [3.05, 3.63) is 12.2 Å². The predicted octanol–water partition coefficient (Wildman–Crippen LogP) is 1.48. The zero-order valence-corrected chi connectivity index (χ0v) is 8.71. The summed E-state index contributed by atoms with van der Waals surface area (Å²) in [6, 6.07) is 0. The molecule has 3 aliphatic rings. The molecule has 0 aliphatic heterocycles. The topological polar surface area (TPSA) is 40.5 Å². The van der Waals surface area contributed by atoms with Crippen LogP contribution in [0.25, 0.3) is 0 Å². The van der Waals surface area contributed by atoms with Gasteiger partial charge in [0, 0.05) is 5.41 Å². The van der Waals surface area contributed by atoms with E-state index in [-0.39, 0.29) is 29.0 Å². The van der Waals surface area contributed by atoms with Crippen LogP contribution < -0.4 is 0 Å². The van der Waals surface area contributed by atoms with E-state index in [9.17, 15) is 10.2 Å². The van der Waals surface area contributed by atoms with Gasteiger partial charge in [-0.15, -0.1) is 0 Å². The molecule has 0 aromatic carbocycles. The summed E-state index contributed by atoms with van der Waals surface area (Å²) in [5, 5.41) is 19.8. The van der Waals surface area contributed by atoms with Crippen molar-refractivity contribution in [2.45, 2.75) is 38.7 Å². The van der Waals surface area contributed by atoms with Crippen LogP contribution in [0.5, 0.6) is 0 Å². The Hall–Kier alpha value is -0.340. The van der Waals surface area contributed by atoms with Gasteiger partial charge < -0.3 is 10.2 Å². The summed E-state index contributed by atoms with van der Waals surface area (Å²) in [5.41, 5.74) is 1.23. The minimum absolute atomic E-state index is 0.0859. The van der Waals surface area contributed by atoms with E-state index in [0.29, 0.717) is 0 Å². The molecule has 2 N–H and O–H groups in total. The van der Waals surface area contributed by atoms with E-state index in [1.54, 1.807) is 0 Å². The Balaban J connectivity index is 2.15. The highest BCUT2D eigenvalue weighted by atomic mass is 16.3. The number of aliphatic hydroxyl groups excluding tert-OH is 2. The molecular formula is C12H18O2. The van der Waals surface area contributed by atoms with Crippen molar-refractivity contribution in [1.29, 1.82) is 0 Å². The van der Waals surface area contributed by atoms with Crippen molar-refractivity contribution in [3.8, 4) is 0 Å². The molecule has 3 aliphatic carbocycles. The molecule has 0 aromatic heterocycles. The highest BCUT2D eigenvalue weighted by Crippen LogP contribution is 2.86. The summed E-state index contributed by atoms with van der Waals surface area (Å²) in [6.07, 6.45) is 3.79. The van der Waals surface area contributed by atoms with Gasteiger partial charge in [-0.05, 0) is 36.5 Å². The summed E-state index contributed by atoms with van der Waals surface area (Å²) >= 11 is 0. The first-order valence-corrected chi connectivity index (χ1v) is 5.50.